The van der Waals surface area contributed by atoms with E-state index < -0.39 is 0 Å². The molecular formula is C15H28N2O2. The van der Waals surface area contributed by atoms with Crippen LogP contribution in [0, 0.1) is 0 Å². The Balaban J connectivity index is 2.07. The van der Waals surface area contributed by atoms with Gasteiger partial charge in [-0.2, -0.15) is 0 Å². The highest BCUT2D eigenvalue weighted by Gasteiger charge is 2.33. The molecule has 0 spiro atoms. The molecule has 1 atom stereocenters. The zero-order valence-electron chi connectivity index (χ0n) is 12.2. The van der Waals surface area contributed by atoms with Crippen molar-refractivity contribution in [2.24, 2.45) is 0 Å². The van der Waals surface area contributed by atoms with Gasteiger partial charge in [-0.15, -0.1) is 0 Å². The van der Waals surface area contributed by atoms with Crippen molar-refractivity contribution in [1.82, 2.24) is 9.80 Å². The summed E-state index contributed by atoms with van der Waals surface area (Å²) < 4.78 is 0. The van der Waals surface area contributed by atoms with E-state index in [-0.39, 0.29) is 18.6 Å². The summed E-state index contributed by atoms with van der Waals surface area (Å²) in [5.41, 5.74) is 0. The fourth-order valence-electron chi connectivity index (χ4n) is 3.53. The number of carbonyl (C=O) groups is 1. The number of carbonyl (C=O) groups excluding carboxylic acids is 1. The summed E-state index contributed by atoms with van der Waals surface area (Å²) in [5.74, 6) is 0.251. The molecule has 0 aromatic heterocycles. The second kappa shape index (κ2) is 7.25. The average molecular weight is 268 g/mol. The lowest BCUT2D eigenvalue weighted by Crippen LogP contribution is -2.48. The Bertz CT molecular complexity index is 288. The van der Waals surface area contributed by atoms with E-state index >= 15 is 0 Å². The number of amides is 1. The minimum absolute atomic E-state index is 0.0965. The molecule has 2 rings (SSSR count). The molecule has 2 aliphatic rings. The monoisotopic (exact) mass is 268 g/mol. The first-order valence-corrected chi connectivity index (χ1v) is 7.85. The third-order valence-electron chi connectivity index (χ3n) is 4.68. The number of hydrogen-bond donors (Lipinski definition) is 1. The first kappa shape index (κ1) is 14.8. The molecule has 1 N–H and O–H groups in total. The van der Waals surface area contributed by atoms with Crippen LogP contribution in [0.25, 0.3) is 0 Å². The molecule has 0 bridgehead atoms. The smallest absolute Gasteiger partial charge is 0.240 e. The van der Waals surface area contributed by atoms with Gasteiger partial charge in [-0.05, 0) is 32.7 Å². The van der Waals surface area contributed by atoms with E-state index in [0.29, 0.717) is 12.5 Å². The predicted octanol–water partition coefficient (Wildman–Crippen LogP) is 1.62. The summed E-state index contributed by atoms with van der Waals surface area (Å²) in [5, 5.41) is 9.19. The molecule has 1 saturated heterocycles. The van der Waals surface area contributed by atoms with Crippen LogP contribution >= 0.6 is 0 Å². The van der Waals surface area contributed by atoms with Crippen molar-refractivity contribution in [1.29, 1.82) is 0 Å². The molecule has 1 amide bonds. The standard InChI is InChI=1S/C15H28N2O2/c1-16-10-6-11-17(15(19)14(16)9-12-18)13-7-4-2-3-5-8-13/h13-14,18H,2-12H2,1H3. The number of aliphatic hydroxyl groups is 1. The van der Waals surface area contributed by atoms with Gasteiger partial charge in [0.2, 0.25) is 5.91 Å². The molecule has 110 valence electrons. The van der Waals surface area contributed by atoms with Gasteiger partial charge in [0, 0.05) is 25.7 Å². The minimum atomic E-state index is -0.115. The van der Waals surface area contributed by atoms with Crippen molar-refractivity contribution in [2.45, 2.75) is 63.5 Å². The van der Waals surface area contributed by atoms with E-state index in [1.54, 1.807) is 0 Å². The van der Waals surface area contributed by atoms with E-state index in [1.807, 2.05) is 7.05 Å². The maximum atomic E-state index is 12.7. The molecule has 4 nitrogen and oxygen atoms in total. The number of rotatable bonds is 3. The highest BCUT2D eigenvalue weighted by Crippen LogP contribution is 2.25. The molecule has 1 unspecified atom stereocenters. The van der Waals surface area contributed by atoms with Gasteiger partial charge in [-0.1, -0.05) is 25.7 Å². The van der Waals surface area contributed by atoms with Gasteiger partial charge in [-0.3, -0.25) is 9.69 Å². The van der Waals surface area contributed by atoms with Gasteiger partial charge in [0.05, 0.1) is 6.04 Å². The van der Waals surface area contributed by atoms with Gasteiger partial charge < -0.3 is 10.0 Å². The van der Waals surface area contributed by atoms with Crippen LogP contribution in [0.3, 0.4) is 0 Å². The highest BCUT2D eigenvalue weighted by molar-refractivity contribution is 5.82. The lowest BCUT2D eigenvalue weighted by molar-refractivity contribution is -0.138. The molecule has 0 aromatic rings. The number of aliphatic hydroxyl groups excluding tert-OH is 1. The SMILES string of the molecule is CN1CCCN(C2CCCCCC2)C(=O)C1CCO. The van der Waals surface area contributed by atoms with Crippen LogP contribution in [-0.4, -0.2) is 59.6 Å². The summed E-state index contributed by atoms with van der Waals surface area (Å²) in [6, 6.07) is 0.332. The Morgan fingerprint density at radius 3 is 2.42 bits per heavy atom. The summed E-state index contributed by atoms with van der Waals surface area (Å²) in [7, 11) is 2.01. The summed E-state index contributed by atoms with van der Waals surface area (Å²) in [4.78, 5) is 17.0. The van der Waals surface area contributed by atoms with Crippen LogP contribution in [0.15, 0.2) is 0 Å². The Hall–Kier alpha value is -0.610. The third kappa shape index (κ3) is 3.69. The van der Waals surface area contributed by atoms with Crippen molar-refractivity contribution in [2.75, 3.05) is 26.7 Å². The lowest BCUT2D eigenvalue weighted by atomic mass is 10.0. The topological polar surface area (TPSA) is 43.8 Å². The molecule has 1 heterocycles. The largest absolute Gasteiger partial charge is 0.396 e. The zero-order valence-corrected chi connectivity index (χ0v) is 12.2. The lowest BCUT2D eigenvalue weighted by Gasteiger charge is -2.33. The summed E-state index contributed by atoms with van der Waals surface area (Å²) in [6.07, 6.45) is 9.11. The van der Waals surface area contributed by atoms with E-state index in [9.17, 15) is 9.90 Å². The fraction of sp³-hybridized carbons (Fsp3) is 0.933. The first-order chi connectivity index (χ1) is 9.24. The van der Waals surface area contributed by atoms with Crippen LogP contribution in [0.1, 0.15) is 51.4 Å². The maximum Gasteiger partial charge on any atom is 0.240 e. The molecule has 1 aliphatic heterocycles. The Morgan fingerprint density at radius 1 is 1.11 bits per heavy atom. The van der Waals surface area contributed by atoms with Crippen molar-refractivity contribution in [3.8, 4) is 0 Å². The van der Waals surface area contributed by atoms with Gasteiger partial charge in [0.25, 0.3) is 0 Å². The second-order valence-electron chi connectivity index (χ2n) is 6.04. The van der Waals surface area contributed by atoms with Crippen LogP contribution in [0.4, 0.5) is 0 Å². The normalized spacial score (nSPS) is 28.2. The van der Waals surface area contributed by atoms with Crippen LogP contribution in [0.2, 0.25) is 0 Å². The van der Waals surface area contributed by atoms with Crippen molar-refractivity contribution >= 4 is 5.91 Å². The number of hydrogen-bond acceptors (Lipinski definition) is 3. The van der Waals surface area contributed by atoms with Crippen molar-refractivity contribution in [3.05, 3.63) is 0 Å². The van der Waals surface area contributed by atoms with Crippen LogP contribution < -0.4 is 0 Å². The second-order valence-corrected chi connectivity index (χ2v) is 6.04. The molecule has 2 fully saturated rings. The Labute approximate surface area is 116 Å². The van der Waals surface area contributed by atoms with Crippen LogP contribution in [-0.2, 0) is 4.79 Å². The molecule has 4 heteroatoms. The highest BCUT2D eigenvalue weighted by atomic mass is 16.3. The van der Waals surface area contributed by atoms with Gasteiger partial charge in [-0.25, -0.2) is 0 Å². The summed E-state index contributed by atoms with van der Waals surface area (Å²) in [6.45, 7) is 1.95. The third-order valence-corrected chi connectivity index (χ3v) is 4.68. The van der Waals surface area contributed by atoms with E-state index in [0.717, 1.165) is 19.5 Å². The molecule has 0 aromatic carbocycles. The van der Waals surface area contributed by atoms with E-state index in [2.05, 4.69) is 9.80 Å². The Morgan fingerprint density at radius 2 is 1.79 bits per heavy atom. The van der Waals surface area contributed by atoms with Gasteiger partial charge in [0.15, 0.2) is 0 Å². The van der Waals surface area contributed by atoms with Crippen molar-refractivity contribution < 1.29 is 9.90 Å². The number of likely N-dealkylation sites (N-methyl/N-ethyl adjacent to an activating group) is 1. The first-order valence-electron chi connectivity index (χ1n) is 7.85. The summed E-state index contributed by atoms with van der Waals surface area (Å²) >= 11 is 0. The van der Waals surface area contributed by atoms with Crippen molar-refractivity contribution in [3.63, 3.8) is 0 Å². The zero-order chi connectivity index (χ0) is 13.7. The molecule has 0 radical (unpaired) electrons. The van der Waals surface area contributed by atoms with Gasteiger partial charge >= 0.3 is 0 Å². The van der Waals surface area contributed by atoms with Crippen LogP contribution in [0.5, 0.6) is 0 Å². The quantitative estimate of drug-likeness (QED) is 0.791. The molecule has 1 saturated carbocycles. The van der Waals surface area contributed by atoms with E-state index in [4.69, 9.17) is 0 Å². The van der Waals surface area contributed by atoms with Gasteiger partial charge in [0.1, 0.15) is 0 Å². The molecule has 1 aliphatic carbocycles. The predicted molar refractivity (Wildman–Crippen MR) is 75.9 cm³/mol. The average Bonchev–Trinajstić information content (AvgIpc) is 2.74. The number of nitrogens with zero attached hydrogens (tertiary/aromatic N) is 2. The Kier molecular flexibility index (Phi) is 5.64. The fourth-order valence-corrected chi connectivity index (χ4v) is 3.53. The molecular weight excluding hydrogens is 240 g/mol. The van der Waals surface area contributed by atoms with E-state index in [1.165, 1.54) is 38.5 Å². The maximum absolute atomic E-state index is 12.7. The molecule has 19 heavy (non-hydrogen) atoms. The minimum Gasteiger partial charge on any atom is -0.396 e.